The number of aromatic nitrogens is 5. The van der Waals surface area contributed by atoms with Gasteiger partial charge in [-0.25, -0.2) is 4.98 Å². The molecule has 0 spiro atoms. The van der Waals surface area contributed by atoms with Crippen molar-refractivity contribution in [3.63, 3.8) is 0 Å². The maximum atomic E-state index is 12.7. The number of pyridine rings is 1. The summed E-state index contributed by atoms with van der Waals surface area (Å²) >= 11 is 1.71. The van der Waals surface area contributed by atoms with Gasteiger partial charge in [0, 0.05) is 41.7 Å². The van der Waals surface area contributed by atoms with Gasteiger partial charge in [0.25, 0.3) is 0 Å². The summed E-state index contributed by atoms with van der Waals surface area (Å²) in [6.45, 7) is 2.81. The molecule has 1 atom stereocenters. The van der Waals surface area contributed by atoms with Crippen molar-refractivity contribution in [2.24, 2.45) is 13.0 Å². The highest BCUT2D eigenvalue weighted by Gasteiger charge is 2.31. The van der Waals surface area contributed by atoms with Gasteiger partial charge in [0.15, 0.2) is 16.6 Å². The Hall–Kier alpha value is -3.60. The van der Waals surface area contributed by atoms with Gasteiger partial charge in [-0.2, -0.15) is 13.2 Å². The molecule has 0 bridgehead atoms. The number of anilines is 1. The Morgan fingerprint density at radius 3 is 2.83 bits per heavy atom. The summed E-state index contributed by atoms with van der Waals surface area (Å²) in [6, 6.07) is 13.8. The Bertz CT molecular complexity index is 1630. The quantitative estimate of drug-likeness (QED) is 0.166. The number of fused-ring (bicyclic) bond motifs is 3. The largest absolute Gasteiger partial charge is 0.440 e. The van der Waals surface area contributed by atoms with E-state index >= 15 is 0 Å². The number of hydrogen-bond acceptors (Lipinski definition) is 7. The highest BCUT2D eigenvalue weighted by molar-refractivity contribution is 7.99. The summed E-state index contributed by atoms with van der Waals surface area (Å²) in [5.74, 6) is 1.96. The highest BCUT2D eigenvalue weighted by atomic mass is 32.2. The third-order valence-corrected chi connectivity index (χ3v) is 8.45. The van der Waals surface area contributed by atoms with E-state index in [0.717, 1.165) is 82.4 Å². The minimum atomic E-state index is -4.34. The number of hydrogen-bond donors (Lipinski definition) is 1. The van der Waals surface area contributed by atoms with E-state index in [0.29, 0.717) is 17.0 Å². The Morgan fingerprint density at radius 2 is 1.98 bits per heavy atom. The highest BCUT2D eigenvalue weighted by Crippen LogP contribution is 2.33. The van der Waals surface area contributed by atoms with Crippen molar-refractivity contribution >= 4 is 39.5 Å². The van der Waals surface area contributed by atoms with Crippen LogP contribution in [0.5, 0.6) is 0 Å². The Kier molecular flexibility index (Phi) is 7.16. The van der Waals surface area contributed by atoms with Crippen molar-refractivity contribution in [3.05, 3.63) is 59.6 Å². The number of aryl methyl sites for hydroxylation is 2. The second-order valence-electron chi connectivity index (χ2n) is 10.3. The van der Waals surface area contributed by atoms with E-state index in [4.69, 9.17) is 4.42 Å². The smallest absolute Gasteiger partial charge is 0.397 e. The van der Waals surface area contributed by atoms with Gasteiger partial charge in [0.2, 0.25) is 5.89 Å². The maximum Gasteiger partial charge on any atom is 0.397 e. The van der Waals surface area contributed by atoms with Crippen LogP contribution in [0.4, 0.5) is 18.9 Å². The number of nitrogens with zero attached hydrogens (tertiary/aromatic N) is 5. The van der Waals surface area contributed by atoms with Crippen LogP contribution in [0.2, 0.25) is 0 Å². The molecule has 4 heterocycles. The molecule has 5 aromatic rings. The van der Waals surface area contributed by atoms with Crippen molar-refractivity contribution < 1.29 is 17.6 Å². The summed E-state index contributed by atoms with van der Waals surface area (Å²) in [5.41, 5.74) is 5.81. The molecule has 0 saturated carbocycles. The van der Waals surface area contributed by atoms with Crippen LogP contribution < -0.4 is 5.32 Å². The molecule has 0 fully saturated rings. The third kappa shape index (κ3) is 5.65. The third-order valence-electron chi connectivity index (χ3n) is 7.35. The number of rotatable bonds is 7. The van der Waals surface area contributed by atoms with Gasteiger partial charge < -0.3 is 14.3 Å². The minimum absolute atomic E-state index is 0.294. The van der Waals surface area contributed by atoms with Gasteiger partial charge in [-0.05, 0) is 68.4 Å². The SMILES string of the molecule is Cc1ccc2c(-c3nnc(SCCCC4CCc5cc6oc(CC(F)(F)F)nc6cc5NC4)n3C)cccc2n1. The van der Waals surface area contributed by atoms with Crippen molar-refractivity contribution in [1.29, 1.82) is 0 Å². The van der Waals surface area contributed by atoms with Crippen molar-refractivity contribution in [2.45, 2.75) is 50.4 Å². The number of benzene rings is 2. The van der Waals surface area contributed by atoms with Crippen LogP contribution in [-0.2, 0) is 19.9 Å². The van der Waals surface area contributed by atoms with E-state index in [-0.39, 0.29) is 5.89 Å². The van der Waals surface area contributed by atoms with E-state index < -0.39 is 12.6 Å². The average molecular weight is 567 g/mol. The molecule has 1 N–H and O–H groups in total. The van der Waals surface area contributed by atoms with Crippen molar-refractivity contribution in [2.75, 3.05) is 17.6 Å². The van der Waals surface area contributed by atoms with Crippen LogP contribution in [0.1, 0.15) is 36.4 Å². The molecular weight excluding hydrogens is 537 g/mol. The van der Waals surface area contributed by atoms with Crippen LogP contribution >= 0.6 is 11.8 Å². The lowest BCUT2D eigenvalue weighted by Gasteiger charge is -2.14. The number of thioether (sulfide) groups is 1. The lowest BCUT2D eigenvalue weighted by atomic mass is 9.97. The number of alkyl halides is 3. The van der Waals surface area contributed by atoms with E-state index in [1.807, 2.05) is 48.9 Å². The normalized spacial score (nSPS) is 15.8. The van der Waals surface area contributed by atoms with Gasteiger partial charge in [-0.3, -0.25) is 4.98 Å². The van der Waals surface area contributed by atoms with Crippen LogP contribution in [0.15, 0.2) is 52.0 Å². The fourth-order valence-electron chi connectivity index (χ4n) is 5.31. The first kappa shape index (κ1) is 26.6. The molecule has 1 aliphatic rings. The van der Waals surface area contributed by atoms with E-state index in [9.17, 15) is 13.2 Å². The van der Waals surface area contributed by atoms with Gasteiger partial charge in [0.05, 0.1) is 5.52 Å². The monoisotopic (exact) mass is 566 g/mol. The van der Waals surface area contributed by atoms with Crippen LogP contribution in [0, 0.1) is 12.8 Å². The Balaban J connectivity index is 1.04. The van der Waals surface area contributed by atoms with Crippen molar-refractivity contribution in [3.8, 4) is 11.4 Å². The number of halogens is 3. The molecule has 1 aliphatic heterocycles. The summed E-state index contributed by atoms with van der Waals surface area (Å²) in [5, 5.41) is 14.4. The summed E-state index contributed by atoms with van der Waals surface area (Å²) < 4.78 is 45.6. The molecule has 11 heteroatoms. The first-order valence-corrected chi connectivity index (χ1v) is 14.3. The second kappa shape index (κ2) is 10.8. The number of oxazole rings is 1. The zero-order chi connectivity index (χ0) is 27.9. The summed E-state index contributed by atoms with van der Waals surface area (Å²) in [4.78, 5) is 8.68. The fraction of sp³-hybridized carbons (Fsp3) is 0.379. The lowest BCUT2D eigenvalue weighted by Crippen LogP contribution is -2.12. The molecular formula is C29H29F3N6OS. The van der Waals surface area contributed by atoms with Crippen LogP contribution in [0.25, 0.3) is 33.4 Å². The molecule has 6 rings (SSSR count). The second-order valence-corrected chi connectivity index (χ2v) is 11.4. The maximum absolute atomic E-state index is 12.7. The zero-order valence-corrected chi connectivity index (χ0v) is 23.1. The average Bonchev–Trinajstić information content (AvgIpc) is 3.40. The topological polar surface area (TPSA) is 81.7 Å². The van der Waals surface area contributed by atoms with Gasteiger partial charge >= 0.3 is 6.18 Å². The van der Waals surface area contributed by atoms with Crippen molar-refractivity contribution in [1.82, 2.24) is 24.7 Å². The molecule has 1 unspecified atom stereocenters. The summed E-state index contributed by atoms with van der Waals surface area (Å²) in [7, 11) is 2.00. The predicted octanol–water partition coefficient (Wildman–Crippen LogP) is 7.13. The molecule has 3 aromatic heterocycles. The van der Waals surface area contributed by atoms with Gasteiger partial charge in [-0.15, -0.1) is 10.2 Å². The summed E-state index contributed by atoms with van der Waals surface area (Å²) in [6.07, 6.45) is -1.55. The zero-order valence-electron chi connectivity index (χ0n) is 22.3. The van der Waals surface area contributed by atoms with Crippen LogP contribution in [0.3, 0.4) is 0 Å². The van der Waals surface area contributed by atoms with E-state index in [1.165, 1.54) is 0 Å². The number of nitrogens with one attached hydrogen (secondary N) is 1. The first-order valence-electron chi connectivity index (χ1n) is 13.4. The molecule has 2 aromatic carbocycles. The van der Waals surface area contributed by atoms with E-state index in [1.54, 1.807) is 11.8 Å². The molecule has 0 saturated heterocycles. The van der Waals surface area contributed by atoms with Crippen LogP contribution in [-0.4, -0.2) is 43.2 Å². The molecule has 0 radical (unpaired) electrons. The molecule has 208 valence electrons. The Labute approximate surface area is 233 Å². The minimum Gasteiger partial charge on any atom is -0.440 e. The lowest BCUT2D eigenvalue weighted by molar-refractivity contribution is -0.130. The van der Waals surface area contributed by atoms with Gasteiger partial charge in [-0.1, -0.05) is 30.0 Å². The van der Waals surface area contributed by atoms with E-state index in [2.05, 4.69) is 37.6 Å². The molecule has 40 heavy (non-hydrogen) atoms. The molecule has 0 aliphatic carbocycles. The predicted molar refractivity (Wildman–Crippen MR) is 151 cm³/mol. The molecule has 0 amide bonds. The standard InChI is InChI=1S/C29H29F3N6OS/c1-17-8-11-20-21(6-3-7-22(20)34-17)27-36-37-28(38(27)2)40-12-4-5-18-9-10-19-13-25-24(14-23(19)33-16-18)35-26(39-25)15-29(30,31)32/h3,6-8,11,13-14,18,33H,4-5,9-10,12,15-16H2,1-2H3. The Morgan fingerprint density at radius 1 is 1.10 bits per heavy atom. The molecule has 7 nitrogen and oxygen atoms in total. The fourth-order valence-corrected chi connectivity index (χ4v) is 6.18. The van der Waals surface area contributed by atoms with Gasteiger partial charge in [0.1, 0.15) is 11.9 Å². The first-order chi connectivity index (χ1) is 19.2.